The van der Waals surface area contributed by atoms with Crippen molar-refractivity contribution < 1.29 is 9.90 Å². The van der Waals surface area contributed by atoms with E-state index in [1.807, 2.05) is 42.5 Å². The summed E-state index contributed by atoms with van der Waals surface area (Å²) in [7, 11) is 0. The SMILES string of the molecule is O=C(O)CCc1ccccc2cccc1-2. The van der Waals surface area contributed by atoms with E-state index in [9.17, 15) is 4.79 Å². The van der Waals surface area contributed by atoms with E-state index < -0.39 is 5.97 Å². The van der Waals surface area contributed by atoms with E-state index >= 15 is 0 Å². The van der Waals surface area contributed by atoms with Gasteiger partial charge in [-0.2, -0.15) is 0 Å². The average molecular weight is 200 g/mol. The van der Waals surface area contributed by atoms with Gasteiger partial charge < -0.3 is 5.11 Å². The number of hydrogen-bond donors (Lipinski definition) is 1. The molecule has 0 amide bonds. The van der Waals surface area contributed by atoms with Gasteiger partial charge in [-0.1, -0.05) is 42.5 Å². The topological polar surface area (TPSA) is 37.3 Å². The molecule has 2 aliphatic rings. The fourth-order valence-corrected chi connectivity index (χ4v) is 1.75. The van der Waals surface area contributed by atoms with Crippen LogP contribution in [-0.2, 0) is 11.2 Å². The molecule has 15 heavy (non-hydrogen) atoms. The number of fused-ring (bicyclic) bond motifs is 1. The van der Waals surface area contributed by atoms with Crippen molar-refractivity contribution in [2.75, 3.05) is 0 Å². The van der Waals surface area contributed by atoms with E-state index in [2.05, 4.69) is 0 Å². The van der Waals surface area contributed by atoms with Crippen molar-refractivity contribution in [3.8, 4) is 11.1 Å². The second kappa shape index (κ2) is 4.13. The Balaban J connectivity index is 2.33. The van der Waals surface area contributed by atoms with Crippen molar-refractivity contribution in [2.24, 2.45) is 0 Å². The highest BCUT2D eigenvalue weighted by molar-refractivity contribution is 5.71. The Morgan fingerprint density at radius 2 is 1.80 bits per heavy atom. The first-order valence-corrected chi connectivity index (χ1v) is 4.96. The lowest BCUT2D eigenvalue weighted by atomic mass is 10.0. The summed E-state index contributed by atoms with van der Waals surface area (Å²) < 4.78 is 0. The summed E-state index contributed by atoms with van der Waals surface area (Å²) in [4.78, 5) is 10.5. The van der Waals surface area contributed by atoms with Crippen molar-refractivity contribution in [3.63, 3.8) is 0 Å². The minimum Gasteiger partial charge on any atom is -0.481 e. The van der Waals surface area contributed by atoms with Gasteiger partial charge in [0.2, 0.25) is 0 Å². The molecule has 0 saturated heterocycles. The molecule has 1 N–H and O–H groups in total. The second-order valence-electron chi connectivity index (χ2n) is 3.53. The van der Waals surface area contributed by atoms with Gasteiger partial charge >= 0.3 is 5.97 Å². The minimum atomic E-state index is -0.749. The number of carboxylic acid groups (broad SMARTS) is 1. The smallest absolute Gasteiger partial charge is 0.303 e. The van der Waals surface area contributed by atoms with Crippen LogP contribution in [0.25, 0.3) is 11.1 Å². The van der Waals surface area contributed by atoms with Crippen molar-refractivity contribution in [2.45, 2.75) is 12.8 Å². The molecular formula is C13H12O2. The van der Waals surface area contributed by atoms with Crippen LogP contribution in [0.4, 0.5) is 0 Å². The van der Waals surface area contributed by atoms with Crippen LogP contribution >= 0.6 is 0 Å². The van der Waals surface area contributed by atoms with Gasteiger partial charge in [-0.15, -0.1) is 0 Å². The van der Waals surface area contributed by atoms with Gasteiger partial charge in [-0.25, -0.2) is 0 Å². The van der Waals surface area contributed by atoms with E-state index in [4.69, 9.17) is 5.11 Å². The first kappa shape index (κ1) is 9.71. The van der Waals surface area contributed by atoms with Crippen molar-refractivity contribution in [1.29, 1.82) is 0 Å². The van der Waals surface area contributed by atoms with Crippen LogP contribution in [0.15, 0.2) is 42.5 Å². The molecule has 0 aromatic carbocycles. The fourth-order valence-electron chi connectivity index (χ4n) is 1.75. The Hall–Kier alpha value is -1.83. The van der Waals surface area contributed by atoms with Crippen LogP contribution in [0.3, 0.4) is 0 Å². The van der Waals surface area contributed by atoms with Crippen LogP contribution in [0.1, 0.15) is 12.0 Å². The van der Waals surface area contributed by atoms with Gasteiger partial charge in [0.15, 0.2) is 0 Å². The maximum absolute atomic E-state index is 10.5. The summed E-state index contributed by atoms with van der Waals surface area (Å²) in [6.45, 7) is 0. The number of hydrogen-bond acceptors (Lipinski definition) is 1. The fraction of sp³-hybridized carbons (Fsp3) is 0.154. The summed E-state index contributed by atoms with van der Waals surface area (Å²) in [5, 5.41) is 8.66. The highest BCUT2D eigenvalue weighted by atomic mass is 16.4. The standard InChI is InChI=1S/C13H12O2/c14-13(15)9-8-11-5-2-1-4-10-6-3-7-12(10)11/h1-7H,8-9H2,(H,14,15). The summed E-state index contributed by atoms with van der Waals surface area (Å²) in [5.41, 5.74) is 3.42. The molecule has 0 bridgehead atoms. The summed E-state index contributed by atoms with van der Waals surface area (Å²) >= 11 is 0. The molecule has 0 radical (unpaired) electrons. The highest BCUT2D eigenvalue weighted by Crippen LogP contribution is 2.26. The molecule has 0 fully saturated rings. The summed E-state index contributed by atoms with van der Waals surface area (Å²) in [5.74, 6) is -0.749. The van der Waals surface area contributed by atoms with E-state index in [1.165, 1.54) is 5.56 Å². The third kappa shape index (κ3) is 2.15. The Kier molecular flexibility index (Phi) is 2.68. The monoisotopic (exact) mass is 200 g/mol. The quantitative estimate of drug-likeness (QED) is 0.827. The van der Waals surface area contributed by atoms with Crippen LogP contribution in [-0.4, -0.2) is 11.1 Å². The molecule has 2 heteroatoms. The number of carbonyl (C=O) groups is 1. The Bertz CT molecular complexity index is 448. The van der Waals surface area contributed by atoms with Crippen molar-refractivity contribution in [3.05, 3.63) is 48.0 Å². The predicted octanol–water partition coefficient (Wildman–Crippen LogP) is 2.81. The van der Waals surface area contributed by atoms with E-state index in [-0.39, 0.29) is 6.42 Å². The zero-order valence-electron chi connectivity index (χ0n) is 8.31. The average Bonchev–Trinajstić information content (AvgIpc) is 2.57. The normalized spacial score (nSPS) is 10.4. The molecule has 0 aliphatic heterocycles. The van der Waals surface area contributed by atoms with Crippen molar-refractivity contribution in [1.82, 2.24) is 0 Å². The molecule has 0 atom stereocenters. The maximum Gasteiger partial charge on any atom is 0.303 e. The predicted molar refractivity (Wildman–Crippen MR) is 59.0 cm³/mol. The molecule has 0 saturated carbocycles. The highest BCUT2D eigenvalue weighted by Gasteiger charge is 2.07. The lowest BCUT2D eigenvalue weighted by Crippen LogP contribution is -1.97. The second-order valence-corrected chi connectivity index (χ2v) is 3.53. The van der Waals surface area contributed by atoms with E-state index in [0.29, 0.717) is 6.42 Å². The first-order valence-electron chi connectivity index (χ1n) is 4.96. The molecule has 0 spiro atoms. The third-order valence-electron chi connectivity index (χ3n) is 2.49. The van der Waals surface area contributed by atoms with Crippen LogP contribution in [0, 0.1) is 0 Å². The number of rotatable bonds is 3. The lowest BCUT2D eigenvalue weighted by Gasteiger charge is -2.01. The number of aliphatic carboxylic acids is 1. The van der Waals surface area contributed by atoms with Crippen LogP contribution in [0.5, 0.6) is 0 Å². The molecule has 0 aromatic rings. The van der Waals surface area contributed by atoms with Gasteiger partial charge in [0.25, 0.3) is 0 Å². The molecule has 2 rings (SSSR count). The van der Waals surface area contributed by atoms with Crippen LogP contribution in [0.2, 0.25) is 0 Å². The minimum absolute atomic E-state index is 0.185. The van der Waals surface area contributed by atoms with Gasteiger partial charge in [0.05, 0.1) is 0 Å². The number of aryl methyl sites for hydroxylation is 1. The molecule has 0 heterocycles. The number of carboxylic acids is 1. The zero-order chi connectivity index (χ0) is 10.7. The van der Waals surface area contributed by atoms with Gasteiger partial charge in [-0.05, 0) is 23.1 Å². The third-order valence-corrected chi connectivity index (χ3v) is 2.49. The zero-order valence-corrected chi connectivity index (χ0v) is 8.31. The molecule has 2 aliphatic carbocycles. The van der Waals surface area contributed by atoms with Gasteiger partial charge in [0.1, 0.15) is 0 Å². The summed E-state index contributed by atoms with van der Waals surface area (Å²) in [6, 6.07) is 14.0. The molecule has 0 unspecified atom stereocenters. The van der Waals surface area contributed by atoms with Crippen molar-refractivity contribution >= 4 is 5.97 Å². The summed E-state index contributed by atoms with van der Waals surface area (Å²) in [6.07, 6.45) is 0.773. The molecular weight excluding hydrogens is 188 g/mol. The molecule has 0 aromatic heterocycles. The van der Waals surface area contributed by atoms with Gasteiger partial charge in [-0.3, -0.25) is 4.79 Å². The lowest BCUT2D eigenvalue weighted by molar-refractivity contribution is -0.136. The largest absolute Gasteiger partial charge is 0.481 e. The van der Waals surface area contributed by atoms with E-state index in [0.717, 1.165) is 11.1 Å². The molecule has 2 nitrogen and oxygen atoms in total. The van der Waals surface area contributed by atoms with E-state index in [1.54, 1.807) is 0 Å². The molecule has 76 valence electrons. The Morgan fingerprint density at radius 3 is 2.60 bits per heavy atom. The van der Waals surface area contributed by atoms with Gasteiger partial charge in [0, 0.05) is 6.42 Å². The maximum atomic E-state index is 10.5. The Labute approximate surface area is 88.5 Å². The Morgan fingerprint density at radius 1 is 1.07 bits per heavy atom. The van der Waals surface area contributed by atoms with Crippen LogP contribution < -0.4 is 0 Å². The first-order chi connectivity index (χ1) is 7.27.